The Bertz CT molecular complexity index is 1160. The third-order valence-corrected chi connectivity index (χ3v) is 5.43. The number of pyridine rings is 1. The van der Waals surface area contributed by atoms with Crippen molar-refractivity contribution in [2.24, 2.45) is 5.10 Å². The molecule has 31 heavy (non-hydrogen) atoms. The number of rotatable bonds is 5. The van der Waals surface area contributed by atoms with Gasteiger partial charge in [0.05, 0.1) is 17.8 Å². The Morgan fingerprint density at radius 3 is 2.97 bits per heavy atom. The molecule has 3 heterocycles. The summed E-state index contributed by atoms with van der Waals surface area (Å²) >= 11 is 0. The van der Waals surface area contributed by atoms with Crippen LogP contribution in [0.1, 0.15) is 47.8 Å². The Morgan fingerprint density at radius 2 is 2.16 bits per heavy atom. The third-order valence-electron chi connectivity index (χ3n) is 5.43. The van der Waals surface area contributed by atoms with Gasteiger partial charge in [-0.25, -0.2) is 14.4 Å². The van der Waals surface area contributed by atoms with Crippen LogP contribution in [0, 0.1) is 18.2 Å². The number of anilines is 1. The van der Waals surface area contributed by atoms with E-state index in [-0.39, 0.29) is 29.4 Å². The number of piperidine rings is 1. The molecule has 0 saturated carbocycles. The van der Waals surface area contributed by atoms with E-state index >= 15 is 0 Å². The molecule has 2 atom stereocenters. The van der Waals surface area contributed by atoms with Crippen molar-refractivity contribution in [1.29, 1.82) is 5.41 Å². The van der Waals surface area contributed by atoms with Gasteiger partial charge in [0.1, 0.15) is 11.3 Å². The molecule has 4 rings (SSSR count). The van der Waals surface area contributed by atoms with Gasteiger partial charge in [0.25, 0.3) is 5.91 Å². The number of halogens is 1. The van der Waals surface area contributed by atoms with Crippen LogP contribution >= 0.6 is 0 Å². The number of hydrazone groups is 1. The fourth-order valence-corrected chi connectivity index (χ4v) is 3.77. The van der Waals surface area contributed by atoms with Crippen LogP contribution in [0.4, 0.5) is 10.1 Å². The number of likely N-dealkylation sites (tertiary alicyclic amines) is 1. The van der Waals surface area contributed by atoms with E-state index in [0.717, 1.165) is 19.1 Å². The quantitative estimate of drug-likeness (QED) is 0.475. The topological polar surface area (TPSA) is 107 Å². The molecule has 0 spiro atoms. The Hall–Kier alpha value is -3.62. The average molecular weight is 422 g/mol. The lowest BCUT2D eigenvalue weighted by Crippen LogP contribution is -2.45. The zero-order valence-corrected chi connectivity index (χ0v) is 17.3. The van der Waals surface area contributed by atoms with Crippen LogP contribution in [0.5, 0.6) is 0 Å². The monoisotopic (exact) mass is 422 g/mol. The highest BCUT2D eigenvalue weighted by atomic mass is 19.1. The van der Waals surface area contributed by atoms with Crippen molar-refractivity contribution in [2.75, 3.05) is 12.0 Å². The van der Waals surface area contributed by atoms with E-state index in [2.05, 4.69) is 20.5 Å². The first-order chi connectivity index (χ1) is 15.0. The average Bonchev–Trinajstić information content (AvgIpc) is 3.18. The first kappa shape index (κ1) is 20.6. The number of fused-ring (bicyclic) bond motifs is 1. The van der Waals surface area contributed by atoms with Crippen molar-refractivity contribution < 1.29 is 13.6 Å². The number of nitrogens with one attached hydrogen (secondary N) is 2. The van der Waals surface area contributed by atoms with Crippen LogP contribution in [0.3, 0.4) is 0 Å². The maximum absolute atomic E-state index is 13.5. The van der Waals surface area contributed by atoms with Crippen molar-refractivity contribution >= 4 is 35.1 Å². The summed E-state index contributed by atoms with van der Waals surface area (Å²) in [6, 6.07) is 7.82. The molecule has 8 nitrogen and oxygen atoms in total. The van der Waals surface area contributed by atoms with E-state index in [1.165, 1.54) is 18.3 Å². The lowest BCUT2D eigenvalue weighted by molar-refractivity contribution is 0.0592. The van der Waals surface area contributed by atoms with Crippen LogP contribution in [0.25, 0.3) is 11.1 Å². The number of hydrogen-bond acceptors (Lipinski definition) is 7. The molecule has 1 saturated heterocycles. The Kier molecular flexibility index (Phi) is 5.75. The molecule has 0 aliphatic carbocycles. The summed E-state index contributed by atoms with van der Waals surface area (Å²) < 4.78 is 19.4. The van der Waals surface area contributed by atoms with E-state index < -0.39 is 0 Å². The molecule has 1 fully saturated rings. The molecule has 1 aliphatic heterocycles. The highest BCUT2D eigenvalue weighted by Gasteiger charge is 2.34. The van der Waals surface area contributed by atoms with Gasteiger partial charge in [0.15, 0.2) is 17.2 Å². The SMILES string of the molecule is Cc1ccc(N/N=C\C=N)c(C(=O)N2CC(c3nc4cc(F)ccc4o3)CC[C@H]2C)n1. The van der Waals surface area contributed by atoms with Crippen LogP contribution < -0.4 is 5.43 Å². The van der Waals surface area contributed by atoms with Crippen LogP contribution in [-0.4, -0.2) is 45.8 Å². The van der Waals surface area contributed by atoms with Gasteiger partial charge in [-0.3, -0.25) is 10.2 Å². The van der Waals surface area contributed by atoms with E-state index in [9.17, 15) is 9.18 Å². The van der Waals surface area contributed by atoms with E-state index in [1.807, 2.05) is 13.8 Å². The summed E-state index contributed by atoms with van der Waals surface area (Å²) in [5.74, 6) is -0.155. The van der Waals surface area contributed by atoms with E-state index in [4.69, 9.17) is 9.83 Å². The van der Waals surface area contributed by atoms with Crippen LogP contribution in [-0.2, 0) is 0 Å². The van der Waals surface area contributed by atoms with Gasteiger partial charge in [0, 0.05) is 30.6 Å². The summed E-state index contributed by atoms with van der Waals surface area (Å²) in [6.07, 6.45) is 3.92. The largest absolute Gasteiger partial charge is 0.440 e. The number of nitrogens with zero attached hydrogens (tertiary/aromatic N) is 4. The summed E-state index contributed by atoms with van der Waals surface area (Å²) in [5.41, 5.74) is 5.25. The standard InChI is InChI=1S/C22H23FN6O2/c1-13-3-7-17(28-25-10-9-24)20(26-13)22(30)29-12-15(5-4-14(29)2)21-27-18-11-16(23)6-8-19(18)31-21/h3,6-11,14-15,24,28H,4-5,12H2,1-2H3/b24-9?,25-10-/t14-,15?/m1/s1. The summed E-state index contributed by atoms with van der Waals surface area (Å²) in [6.45, 7) is 4.25. The number of amides is 1. The molecule has 1 unspecified atom stereocenters. The molecule has 2 aromatic heterocycles. The number of aromatic nitrogens is 2. The number of benzene rings is 1. The summed E-state index contributed by atoms with van der Waals surface area (Å²) in [5, 5.41) is 10.9. The fourth-order valence-electron chi connectivity index (χ4n) is 3.77. The minimum Gasteiger partial charge on any atom is -0.440 e. The highest BCUT2D eigenvalue weighted by molar-refractivity contribution is 6.14. The van der Waals surface area contributed by atoms with Crippen molar-refractivity contribution in [3.8, 4) is 0 Å². The predicted molar refractivity (Wildman–Crippen MR) is 116 cm³/mol. The zero-order valence-electron chi connectivity index (χ0n) is 17.3. The zero-order chi connectivity index (χ0) is 22.0. The minimum absolute atomic E-state index is 0.0193. The summed E-state index contributed by atoms with van der Waals surface area (Å²) in [4.78, 5) is 24.1. The van der Waals surface area contributed by atoms with Crippen LogP contribution in [0.2, 0.25) is 0 Å². The lowest BCUT2D eigenvalue weighted by Gasteiger charge is -2.37. The van der Waals surface area contributed by atoms with Crippen molar-refractivity contribution in [2.45, 2.75) is 38.6 Å². The second-order valence-corrected chi connectivity index (χ2v) is 7.65. The Balaban J connectivity index is 1.61. The molecule has 0 radical (unpaired) electrons. The molecule has 3 aromatic rings. The van der Waals surface area contributed by atoms with Gasteiger partial charge in [0.2, 0.25) is 0 Å². The number of oxazole rings is 1. The van der Waals surface area contributed by atoms with Crippen molar-refractivity contribution in [3.63, 3.8) is 0 Å². The molecule has 1 amide bonds. The normalized spacial score (nSPS) is 19.1. The number of carbonyl (C=O) groups excluding carboxylic acids is 1. The molecular formula is C22H23FN6O2. The second-order valence-electron chi connectivity index (χ2n) is 7.65. The Labute approximate surface area is 178 Å². The van der Waals surface area contributed by atoms with Gasteiger partial charge >= 0.3 is 0 Å². The lowest BCUT2D eigenvalue weighted by atomic mass is 9.93. The van der Waals surface area contributed by atoms with Gasteiger partial charge in [-0.2, -0.15) is 5.10 Å². The molecule has 160 valence electrons. The highest BCUT2D eigenvalue weighted by Crippen LogP contribution is 2.33. The second kappa shape index (κ2) is 8.63. The molecular weight excluding hydrogens is 399 g/mol. The van der Waals surface area contributed by atoms with Crippen molar-refractivity contribution in [1.82, 2.24) is 14.9 Å². The number of aryl methyl sites for hydroxylation is 1. The molecule has 2 N–H and O–H groups in total. The predicted octanol–water partition coefficient (Wildman–Crippen LogP) is 4.13. The van der Waals surface area contributed by atoms with E-state index in [0.29, 0.717) is 34.9 Å². The number of hydrogen-bond donors (Lipinski definition) is 2. The fraction of sp³-hybridized carbons (Fsp3) is 0.318. The molecule has 1 aliphatic rings. The Morgan fingerprint density at radius 1 is 1.32 bits per heavy atom. The smallest absolute Gasteiger partial charge is 0.274 e. The molecule has 1 aromatic carbocycles. The maximum Gasteiger partial charge on any atom is 0.274 e. The van der Waals surface area contributed by atoms with Crippen LogP contribution in [0.15, 0.2) is 39.9 Å². The summed E-state index contributed by atoms with van der Waals surface area (Å²) in [7, 11) is 0. The first-order valence-electron chi connectivity index (χ1n) is 10.1. The first-order valence-corrected chi connectivity index (χ1v) is 10.1. The number of carbonyl (C=O) groups is 1. The maximum atomic E-state index is 13.5. The third kappa shape index (κ3) is 4.30. The minimum atomic E-state index is -0.363. The van der Waals surface area contributed by atoms with Crippen molar-refractivity contribution in [3.05, 3.63) is 53.4 Å². The molecule has 0 bridgehead atoms. The molecule has 9 heteroatoms. The van der Waals surface area contributed by atoms with Gasteiger partial charge in [-0.05, 0) is 51.0 Å². The van der Waals surface area contributed by atoms with Gasteiger partial charge in [-0.15, -0.1) is 0 Å². The van der Waals surface area contributed by atoms with Gasteiger partial charge in [-0.1, -0.05) is 0 Å². The van der Waals surface area contributed by atoms with Gasteiger partial charge < -0.3 is 14.7 Å². The van der Waals surface area contributed by atoms with E-state index in [1.54, 1.807) is 23.1 Å².